The summed E-state index contributed by atoms with van der Waals surface area (Å²) in [5.41, 5.74) is 0. The molecule has 8 unspecified atom stereocenters. The van der Waals surface area contributed by atoms with E-state index in [9.17, 15) is 63.1 Å². The van der Waals surface area contributed by atoms with Crippen LogP contribution < -0.4 is 0 Å². The van der Waals surface area contributed by atoms with Gasteiger partial charge in [-0.25, -0.2) is 13.7 Å². The van der Waals surface area contributed by atoms with Crippen LogP contribution in [0.15, 0.2) is 0 Å². The van der Waals surface area contributed by atoms with Gasteiger partial charge in [-0.2, -0.15) is 0 Å². The molecule has 1 saturated carbocycles. The van der Waals surface area contributed by atoms with Gasteiger partial charge in [-0.1, -0.05) is 168 Å². The predicted octanol–water partition coefficient (Wildman–Crippen LogP) is 8.67. The number of hydrogen-bond acceptors (Lipinski definition) is 14. The molecule has 0 spiro atoms. The van der Waals surface area contributed by atoms with E-state index in [1.165, 1.54) is 103 Å². The average molecular weight is 987 g/mol. The highest BCUT2D eigenvalue weighted by Gasteiger charge is 2.56. The van der Waals surface area contributed by atoms with E-state index in [1.807, 2.05) is 0 Å². The molecule has 0 amide bonds. The molecule has 0 aliphatic heterocycles. The summed E-state index contributed by atoms with van der Waals surface area (Å²) >= 11 is 0.157. The fourth-order valence-corrected chi connectivity index (χ4v) is 11.2. The minimum Gasteiger partial charge on any atom is -0.462 e. The van der Waals surface area contributed by atoms with Crippen LogP contribution in [0.2, 0.25) is 0 Å². The first-order valence-corrected chi connectivity index (χ1v) is 29.6. The number of aliphatic hydroxyl groups is 3. The third-order valence-electron chi connectivity index (χ3n) is 10.9. The van der Waals surface area contributed by atoms with Crippen LogP contribution in [0, 0.1) is 0 Å². The number of esters is 2. The Morgan fingerprint density at radius 3 is 1.19 bits per heavy atom. The van der Waals surface area contributed by atoms with Crippen LogP contribution in [0.1, 0.15) is 194 Å². The van der Waals surface area contributed by atoms with Gasteiger partial charge in [-0.3, -0.25) is 23.2 Å². The van der Waals surface area contributed by atoms with Crippen LogP contribution in [-0.2, 0) is 46.3 Å². The van der Waals surface area contributed by atoms with Crippen molar-refractivity contribution in [3.05, 3.63) is 0 Å². The van der Waals surface area contributed by atoms with Gasteiger partial charge >= 0.3 is 34.4 Å². The summed E-state index contributed by atoms with van der Waals surface area (Å²) in [4.78, 5) is 73.4. The van der Waals surface area contributed by atoms with E-state index in [0.717, 1.165) is 51.4 Å². The molecule has 22 heteroatoms. The molecule has 1 aliphatic carbocycles. The zero-order valence-corrected chi connectivity index (χ0v) is 41.2. The van der Waals surface area contributed by atoms with E-state index in [-0.39, 0.29) is 24.2 Å². The first-order chi connectivity index (χ1) is 29.8. The fourth-order valence-electron chi connectivity index (χ4n) is 7.41. The first kappa shape index (κ1) is 60.6. The van der Waals surface area contributed by atoms with E-state index < -0.39 is 89.5 Å². The van der Waals surface area contributed by atoms with Crippen molar-refractivity contribution in [1.29, 1.82) is 0 Å². The van der Waals surface area contributed by atoms with Gasteiger partial charge in [0, 0.05) is 18.6 Å². The number of phosphoric acid groups is 2. The quantitative estimate of drug-likeness (QED) is 0.0162. The van der Waals surface area contributed by atoms with Crippen molar-refractivity contribution in [3.63, 3.8) is 0 Å². The lowest BCUT2D eigenvalue weighted by atomic mass is 9.85. The van der Waals surface area contributed by atoms with Crippen LogP contribution in [0.5, 0.6) is 0 Å². The second-order valence-corrected chi connectivity index (χ2v) is 23.0. The second-order valence-electron chi connectivity index (χ2n) is 16.7. The standard InChI is InChI=1S/C41H81O18P3S/c1-3-5-7-9-11-13-15-17-19-21-23-25-27-29-34(42)55-31-33(56-35(43)30-28-26-24-22-20-18-16-14-12-10-8-6-4-2)32-63-62(53,54)59-39-36(44)37(45)40(57-60(47,48)49)41(38(39)46)58-61(50,51)52/h33,36-41,44-46H,3-32H2,1-2H3,(H,53,54)(H2,47,48,49)(H2,50,51,52). The number of phosphoric ester groups is 2. The zero-order chi connectivity index (χ0) is 47.2. The molecule has 0 aromatic rings. The number of hydrogen-bond donors (Lipinski definition) is 8. The lowest BCUT2D eigenvalue weighted by Gasteiger charge is -2.44. The van der Waals surface area contributed by atoms with Gasteiger partial charge in [0.15, 0.2) is 0 Å². The molecule has 1 rings (SSSR count). The van der Waals surface area contributed by atoms with Crippen LogP contribution in [0.3, 0.4) is 0 Å². The Hall–Kier alpha value is -0.460. The lowest BCUT2D eigenvalue weighted by molar-refractivity contribution is -0.210. The Bertz CT molecular complexity index is 1350. The molecular formula is C41H81O18P3S. The van der Waals surface area contributed by atoms with Gasteiger partial charge in [-0.05, 0) is 24.2 Å². The third kappa shape index (κ3) is 31.3. The monoisotopic (exact) mass is 986 g/mol. The normalized spacial score (nSPS) is 22.1. The highest BCUT2D eigenvalue weighted by molar-refractivity contribution is 8.54. The zero-order valence-electron chi connectivity index (χ0n) is 37.7. The molecule has 0 aromatic heterocycles. The number of aliphatic hydroxyl groups excluding tert-OH is 3. The van der Waals surface area contributed by atoms with E-state index >= 15 is 0 Å². The smallest absolute Gasteiger partial charge is 0.462 e. The summed E-state index contributed by atoms with van der Waals surface area (Å²) in [7, 11) is -11.1. The van der Waals surface area contributed by atoms with Crippen molar-refractivity contribution in [2.45, 2.75) is 236 Å². The lowest BCUT2D eigenvalue weighted by Crippen LogP contribution is -2.65. The molecule has 18 nitrogen and oxygen atoms in total. The largest absolute Gasteiger partial charge is 0.470 e. The molecule has 8 atom stereocenters. The number of carbonyl (C=O) groups excluding carboxylic acids is 2. The van der Waals surface area contributed by atoms with Crippen LogP contribution in [0.4, 0.5) is 0 Å². The van der Waals surface area contributed by atoms with Crippen molar-refractivity contribution in [2.75, 3.05) is 12.4 Å². The van der Waals surface area contributed by atoms with Crippen LogP contribution in [0.25, 0.3) is 0 Å². The molecule has 1 fully saturated rings. The number of carbonyl (C=O) groups is 2. The SMILES string of the molecule is CCCCCCCCCCCCCCCC(=O)OCC(CSP(=O)(O)OC1C(O)C(O)C(OP(=O)(O)O)C(OP(=O)(O)O)C1O)OC(=O)CCCCCCCCCCCCCCC. The van der Waals surface area contributed by atoms with Crippen molar-refractivity contribution in [2.24, 2.45) is 0 Å². The summed E-state index contributed by atoms with van der Waals surface area (Å²) in [5, 5.41) is 31.9. The first-order valence-electron chi connectivity index (χ1n) is 23.3. The van der Waals surface area contributed by atoms with E-state index in [4.69, 9.17) is 14.0 Å². The van der Waals surface area contributed by atoms with Gasteiger partial charge in [0.2, 0.25) is 0 Å². The molecule has 0 bridgehead atoms. The Kier molecular flexibility index (Phi) is 33.4. The summed E-state index contributed by atoms with van der Waals surface area (Å²) in [6, 6.07) is 0. The molecule has 374 valence electrons. The van der Waals surface area contributed by atoms with Crippen molar-refractivity contribution < 1.29 is 86.1 Å². The topological polar surface area (TPSA) is 293 Å². The molecule has 0 radical (unpaired) electrons. The van der Waals surface area contributed by atoms with Gasteiger partial charge in [0.25, 0.3) is 0 Å². The number of ether oxygens (including phenoxy) is 2. The highest BCUT2D eigenvalue weighted by Crippen LogP contribution is 2.58. The number of rotatable bonds is 40. The fraction of sp³-hybridized carbons (Fsp3) is 0.951. The van der Waals surface area contributed by atoms with E-state index in [2.05, 4.69) is 22.9 Å². The Morgan fingerprint density at radius 2 is 0.810 bits per heavy atom. The van der Waals surface area contributed by atoms with E-state index in [1.54, 1.807) is 0 Å². The van der Waals surface area contributed by atoms with Gasteiger partial charge in [-0.15, -0.1) is 0 Å². The number of unbranched alkanes of at least 4 members (excludes halogenated alkanes) is 24. The third-order valence-corrected chi connectivity index (χ3v) is 15.0. The molecule has 8 N–H and O–H groups in total. The Morgan fingerprint density at radius 1 is 0.476 bits per heavy atom. The molecule has 0 saturated heterocycles. The summed E-state index contributed by atoms with van der Waals surface area (Å²) in [6.45, 7) is -1.07. The van der Waals surface area contributed by atoms with Crippen molar-refractivity contribution >= 4 is 45.8 Å². The molecular weight excluding hydrogens is 905 g/mol. The maximum atomic E-state index is 13.3. The summed E-state index contributed by atoms with van der Waals surface area (Å²) < 4.78 is 61.0. The van der Waals surface area contributed by atoms with Gasteiger partial charge < -0.3 is 49.3 Å². The molecule has 63 heavy (non-hydrogen) atoms. The summed E-state index contributed by atoms with van der Waals surface area (Å²) in [5.74, 6) is -1.66. The minimum absolute atomic E-state index is 0.0519. The van der Waals surface area contributed by atoms with Crippen LogP contribution in [-0.4, -0.2) is 107 Å². The Labute approximate surface area is 379 Å². The van der Waals surface area contributed by atoms with Crippen molar-refractivity contribution in [3.8, 4) is 0 Å². The summed E-state index contributed by atoms with van der Waals surface area (Å²) in [6.07, 6.45) is 13.7. The van der Waals surface area contributed by atoms with Gasteiger partial charge in [0.1, 0.15) is 49.3 Å². The molecule has 0 heterocycles. The predicted molar refractivity (Wildman–Crippen MR) is 240 cm³/mol. The van der Waals surface area contributed by atoms with Crippen molar-refractivity contribution in [1.82, 2.24) is 0 Å². The second kappa shape index (κ2) is 34.8. The Balaban J connectivity index is 2.74. The average Bonchev–Trinajstić information content (AvgIpc) is 3.20. The maximum Gasteiger partial charge on any atom is 0.470 e. The molecule has 0 aromatic carbocycles. The minimum atomic E-state index is -5.57. The van der Waals surface area contributed by atoms with Crippen LogP contribution >= 0.6 is 33.8 Å². The van der Waals surface area contributed by atoms with E-state index in [0.29, 0.717) is 12.8 Å². The molecule has 1 aliphatic rings. The highest BCUT2D eigenvalue weighted by atomic mass is 32.7. The maximum absolute atomic E-state index is 13.3. The van der Waals surface area contributed by atoms with Gasteiger partial charge in [0.05, 0.1) is 0 Å².